The Kier molecular flexibility index (Phi) is 6.00. The minimum Gasteiger partial charge on any atom is -0.341 e. The molecule has 0 aromatic carbocycles. The highest BCUT2D eigenvalue weighted by atomic mass is 16.5. The maximum absolute atomic E-state index is 5.29. The zero-order chi connectivity index (χ0) is 17.6. The molecule has 0 amide bonds. The van der Waals surface area contributed by atoms with E-state index in [0.29, 0.717) is 17.6 Å². The molecule has 0 radical (unpaired) electrons. The summed E-state index contributed by atoms with van der Waals surface area (Å²) in [5.41, 5.74) is 0.806. The molecule has 1 saturated heterocycles. The lowest BCUT2D eigenvalue weighted by Gasteiger charge is -2.31. The average Bonchev–Trinajstić information content (AvgIpc) is 3.08. The van der Waals surface area contributed by atoms with Gasteiger partial charge in [0.15, 0.2) is 0 Å². The van der Waals surface area contributed by atoms with Crippen LogP contribution >= 0.6 is 0 Å². The maximum atomic E-state index is 5.29. The molecule has 3 heterocycles. The molecule has 0 aliphatic carbocycles. The van der Waals surface area contributed by atoms with Crippen molar-refractivity contribution in [2.45, 2.75) is 59.3 Å². The molecule has 0 saturated carbocycles. The molecular formula is C19H29N5O. The summed E-state index contributed by atoms with van der Waals surface area (Å²) in [5.74, 6) is 3.41. The van der Waals surface area contributed by atoms with Crippen LogP contribution in [0.4, 0.5) is 5.95 Å². The lowest BCUT2D eigenvalue weighted by molar-refractivity contribution is 0.363. The summed E-state index contributed by atoms with van der Waals surface area (Å²) in [7, 11) is 0. The third-order valence-electron chi connectivity index (χ3n) is 4.81. The molecular weight excluding hydrogens is 314 g/mol. The van der Waals surface area contributed by atoms with Crippen LogP contribution in [0.2, 0.25) is 0 Å². The first-order valence-corrected chi connectivity index (χ1v) is 9.55. The summed E-state index contributed by atoms with van der Waals surface area (Å²) in [4.78, 5) is 15.8. The lowest BCUT2D eigenvalue weighted by Crippen LogP contribution is -2.34. The van der Waals surface area contributed by atoms with Gasteiger partial charge in [0.1, 0.15) is 0 Å². The van der Waals surface area contributed by atoms with Crippen molar-refractivity contribution < 1.29 is 4.52 Å². The number of nitrogens with zero attached hydrogens (tertiary/aromatic N) is 5. The fourth-order valence-corrected chi connectivity index (χ4v) is 3.32. The summed E-state index contributed by atoms with van der Waals surface area (Å²) in [6, 6.07) is 0. The van der Waals surface area contributed by atoms with E-state index >= 15 is 0 Å². The van der Waals surface area contributed by atoms with Crippen molar-refractivity contribution >= 4 is 5.95 Å². The van der Waals surface area contributed by atoms with E-state index in [1.165, 1.54) is 32.1 Å². The van der Waals surface area contributed by atoms with E-state index in [0.717, 1.165) is 36.9 Å². The molecule has 1 aliphatic rings. The van der Waals surface area contributed by atoms with Crippen LogP contribution in [-0.4, -0.2) is 33.2 Å². The van der Waals surface area contributed by atoms with E-state index in [-0.39, 0.29) is 0 Å². The van der Waals surface area contributed by atoms with Gasteiger partial charge in [-0.3, -0.25) is 0 Å². The van der Waals surface area contributed by atoms with Gasteiger partial charge in [-0.1, -0.05) is 45.2 Å². The van der Waals surface area contributed by atoms with Crippen molar-refractivity contribution in [1.82, 2.24) is 20.1 Å². The lowest BCUT2D eigenvalue weighted by atomic mass is 9.92. The Labute approximate surface area is 150 Å². The Morgan fingerprint density at radius 1 is 1.20 bits per heavy atom. The molecule has 1 aliphatic heterocycles. The SMILES string of the molecule is CCCCC1CCN(c2ncc(-c3noc(CC(C)C)n3)cn2)CC1. The van der Waals surface area contributed by atoms with E-state index in [1.807, 2.05) is 0 Å². The molecule has 0 spiro atoms. The van der Waals surface area contributed by atoms with Crippen molar-refractivity contribution in [2.24, 2.45) is 11.8 Å². The van der Waals surface area contributed by atoms with Crippen LogP contribution in [0.5, 0.6) is 0 Å². The van der Waals surface area contributed by atoms with Crippen LogP contribution in [-0.2, 0) is 6.42 Å². The number of hydrogen-bond donors (Lipinski definition) is 0. The van der Waals surface area contributed by atoms with Crippen LogP contribution in [0.15, 0.2) is 16.9 Å². The number of piperidine rings is 1. The second kappa shape index (κ2) is 8.41. The second-order valence-electron chi connectivity index (χ2n) is 7.45. The summed E-state index contributed by atoms with van der Waals surface area (Å²) in [6.45, 7) is 8.63. The topological polar surface area (TPSA) is 67.9 Å². The number of rotatable bonds is 7. The minimum atomic E-state index is 0.493. The number of unbranched alkanes of at least 4 members (excludes halogenated alkanes) is 1. The van der Waals surface area contributed by atoms with Crippen molar-refractivity contribution in [3.05, 3.63) is 18.3 Å². The summed E-state index contributed by atoms with van der Waals surface area (Å²) < 4.78 is 5.29. The van der Waals surface area contributed by atoms with Crippen LogP contribution in [0, 0.1) is 11.8 Å². The van der Waals surface area contributed by atoms with E-state index < -0.39 is 0 Å². The van der Waals surface area contributed by atoms with E-state index in [2.05, 4.69) is 45.8 Å². The molecule has 0 bridgehead atoms. The zero-order valence-electron chi connectivity index (χ0n) is 15.6. The van der Waals surface area contributed by atoms with Crippen LogP contribution in [0.3, 0.4) is 0 Å². The van der Waals surface area contributed by atoms with Crippen molar-refractivity contribution in [2.75, 3.05) is 18.0 Å². The maximum Gasteiger partial charge on any atom is 0.227 e. The van der Waals surface area contributed by atoms with Gasteiger partial charge in [-0.05, 0) is 24.7 Å². The first-order valence-electron chi connectivity index (χ1n) is 9.55. The Hall–Kier alpha value is -1.98. The molecule has 2 aromatic heterocycles. The van der Waals surface area contributed by atoms with Gasteiger partial charge < -0.3 is 9.42 Å². The third kappa shape index (κ3) is 4.77. The van der Waals surface area contributed by atoms with Crippen molar-refractivity contribution in [1.29, 1.82) is 0 Å². The van der Waals surface area contributed by atoms with Crippen molar-refractivity contribution in [3.8, 4) is 11.4 Å². The van der Waals surface area contributed by atoms with Gasteiger partial charge in [-0.2, -0.15) is 4.98 Å². The second-order valence-corrected chi connectivity index (χ2v) is 7.45. The van der Waals surface area contributed by atoms with Crippen LogP contribution < -0.4 is 4.90 Å². The van der Waals surface area contributed by atoms with Crippen molar-refractivity contribution in [3.63, 3.8) is 0 Å². The van der Waals surface area contributed by atoms with E-state index in [4.69, 9.17) is 4.52 Å². The van der Waals surface area contributed by atoms with Crippen LogP contribution in [0.25, 0.3) is 11.4 Å². The Balaban J connectivity index is 1.58. The Morgan fingerprint density at radius 3 is 2.56 bits per heavy atom. The molecule has 25 heavy (non-hydrogen) atoms. The van der Waals surface area contributed by atoms with Gasteiger partial charge in [0.25, 0.3) is 0 Å². The number of hydrogen-bond acceptors (Lipinski definition) is 6. The predicted octanol–water partition coefficient (Wildman–Crippen LogP) is 4.13. The Bertz CT molecular complexity index is 644. The van der Waals surface area contributed by atoms with Gasteiger partial charge in [0.05, 0.1) is 5.56 Å². The van der Waals surface area contributed by atoms with Gasteiger partial charge in [0, 0.05) is 31.9 Å². The average molecular weight is 343 g/mol. The fraction of sp³-hybridized carbons (Fsp3) is 0.684. The molecule has 6 heteroatoms. The highest BCUT2D eigenvalue weighted by Crippen LogP contribution is 2.25. The molecule has 136 valence electrons. The standard InChI is InChI=1S/C19H29N5O/c1-4-5-6-15-7-9-24(10-8-15)19-20-12-16(13-21-19)18-22-17(25-23-18)11-14(2)3/h12-15H,4-11H2,1-3H3. The van der Waals surface area contributed by atoms with Crippen LogP contribution in [0.1, 0.15) is 58.8 Å². The minimum absolute atomic E-state index is 0.493. The quantitative estimate of drug-likeness (QED) is 0.753. The number of aromatic nitrogens is 4. The Morgan fingerprint density at radius 2 is 1.92 bits per heavy atom. The van der Waals surface area contributed by atoms with E-state index in [9.17, 15) is 0 Å². The molecule has 3 rings (SSSR count). The van der Waals surface area contributed by atoms with Gasteiger partial charge in [0.2, 0.25) is 17.7 Å². The zero-order valence-corrected chi connectivity index (χ0v) is 15.6. The monoisotopic (exact) mass is 343 g/mol. The first-order chi connectivity index (χ1) is 12.2. The fourth-order valence-electron chi connectivity index (χ4n) is 3.32. The van der Waals surface area contributed by atoms with E-state index in [1.54, 1.807) is 12.4 Å². The third-order valence-corrected chi connectivity index (χ3v) is 4.81. The summed E-state index contributed by atoms with van der Waals surface area (Å²) in [5, 5.41) is 4.04. The normalized spacial score (nSPS) is 15.9. The smallest absolute Gasteiger partial charge is 0.227 e. The molecule has 0 unspecified atom stereocenters. The molecule has 6 nitrogen and oxygen atoms in total. The summed E-state index contributed by atoms with van der Waals surface area (Å²) >= 11 is 0. The predicted molar refractivity (Wildman–Crippen MR) is 98.3 cm³/mol. The molecule has 1 fully saturated rings. The first kappa shape index (κ1) is 17.8. The molecule has 2 aromatic rings. The van der Waals surface area contributed by atoms with Gasteiger partial charge in [-0.25, -0.2) is 9.97 Å². The highest BCUT2D eigenvalue weighted by molar-refractivity contribution is 5.52. The summed E-state index contributed by atoms with van der Waals surface area (Å²) in [6.07, 6.45) is 10.9. The van der Waals surface area contributed by atoms with Gasteiger partial charge >= 0.3 is 0 Å². The van der Waals surface area contributed by atoms with Gasteiger partial charge in [-0.15, -0.1) is 0 Å². The number of anilines is 1. The largest absolute Gasteiger partial charge is 0.341 e. The molecule has 0 N–H and O–H groups in total. The highest BCUT2D eigenvalue weighted by Gasteiger charge is 2.20. The molecule has 0 atom stereocenters.